The monoisotopic (exact) mass is 400 g/mol. The van der Waals surface area contributed by atoms with E-state index in [9.17, 15) is 9.18 Å². The van der Waals surface area contributed by atoms with Gasteiger partial charge in [0.25, 0.3) is 11.8 Å². The number of halogens is 1. The number of nitrogens with zero attached hydrogens (tertiary/aromatic N) is 6. The second-order valence-corrected chi connectivity index (χ2v) is 7.24. The summed E-state index contributed by atoms with van der Waals surface area (Å²) in [6.45, 7) is 4.95. The van der Waals surface area contributed by atoms with E-state index >= 15 is 0 Å². The first kappa shape index (κ1) is 19.0. The van der Waals surface area contributed by atoms with Gasteiger partial charge in [0, 0.05) is 24.6 Å². The van der Waals surface area contributed by atoms with E-state index in [0.717, 1.165) is 0 Å². The molecular formula is C19H21FN6O3. The predicted molar refractivity (Wildman–Crippen MR) is 99.9 cm³/mol. The number of aromatic nitrogens is 5. The lowest BCUT2D eigenvalue weighted by Gasteiger charge is -2.17. The number of ether oxygens (including phenoxy) is 1. The Balaban J connectivity index is 1.45. The van der Waals surface area contributed by atoms with Crippen molar-refractivity contribution in [2.75, 3.05) is 20.2 Å². The molecule has 1 atom stereocenters. The van der Waals surface area contributed by atoms with Crippen LogP contribution in [0.4, 0.5) is 4.39 Å². The van der Waals surface area contributed by atoms with E-state index < -0.39 is 5.82 Å². The Kier molecular flexibility index (Phi) is 4.99. The zero-order chi connectivity index (χ0) is 20.5. The maximum atomic E-state index is 13.9. The zero-order valence-electron chi connectivity index (χ0n) is 16.4. The van der Waals surface area contributed by atoms with Crippen molar-refractivity contribution in [2.45, 2.75) is 32.2 Å². The number of methoxy groups -OCH3 is 1. The number of carbonyl (C=O) groups excluding carboxylic acids is 1. The molecular weight excluding hydrogens is 379 g/mol. The molecule has 1 saturated heterocycles. The minimum absolute atomic E-state index is 0.0317. The molecule has 0 radical (unpaired) electrons. The molecule has 1 aliphatic heterocycles. The molecule has 0 bridgehead atoms. The molecule has 0 aliphatic carbocycles. The van der Waals surface area contributed by atoms with Crippen LogP contribution in [0.1, 0.15) is 48.4 Å². The highest BCUT2D eigenvalue weighted by Crippen LogP contribution is 2.26. The van der Waals surface area contributed by atoms with E-state index in [1.807, 2.05) is 13.8 Å². The number of hydrogen-bond acceptors (Lipinski definition) is 7. The SMILES string of the molecule is COc1ccc(C(=O)N2CC[C@H](n3cc(-c4nc(C(C)C)no4)nn3)C2)cc1F. The largest absolute Gasteiger partial charge is 0.494 e. The zero-order valence-corrected chi connectivity index (χ0v) is 16.4. The van der Waals surface area contributed by atoms with Crippen LogP contribution < -0.4 is 4.74 Å². The molecule has 0 unspecified atom stereocenters. The van der Waals surface area contributed by atoms with Crippen LogP contribution in [0.3, 0.4) is 0 Å². The van der Waals surface area contributed by atoms with Crippen LogP contribution in [0, 0.1) is 5.82 Å². The van der Waals surface area contributed by atoms with Crippen LogP contribution >= 0.6 is 0 Å². The summed E-state index contributed by atoms with van der Waals surface area (Å²) < 4.78 is 25.8. The highest BCUT2D eigenvalue weighted by atomic mass is 19.1. The van der Waals surface area contributed by atoms with Crippen molar-refractivity contribution in [3.05, 3.63) is 41.6 Å². The molecule has 1 aliphatic rings. The van der Waals surface area contributed by atoms with Gasteiger partial charge in [-0.05, 0) is 24.6 Å². The molecule has 10 heteroatoms. The van der Waals surface area contributed by atoms with Gasteiger partial charge in [0.05, 0.1) is 19.3 Å². The Hall–Kier alpha value is -3.30. The Labute approximate surface area is 166 Å². The highest BCUT2D eigenvalue weighted by molar-refractivity contribution is 5.94. The Morgan fingerprint density at radius 2 is 2.21 bits per heavy atom. The Morgan fingerprint density at radius 1 is 1.38 bits per heavy atom. The molecule has 3 heterocycles. The second kappa shape index (κ2) is 7.61. The van der Waals surface area contributed by atoms with Gasteiger partial charge in [-0.3, -0.25) is 4.79 Å². The lowest BCUT2D eigenvalue weighted by Crippen LogP contribution is -2.29. The normalized spacial score (nSPS) is 16.6. The van der Waals surface area contributed by atoms with E-state index in [4.69, 9.17) is 9.26 Å². The number of amides is 1. The molecule has 2 aromatic heterocycles. The fraction of sp³-hybridized carbons (Fsp3) is 0.421. The second-order valence-electron chi connectivity index (χ2n) is 7.24. The lowest BCUT2D eigenvalue weighted by atomic mass is 10.2. The summed E-state index contributed by atoms with van der Waals surface area (Å²) in [5, 5.41) is 12.2. The Bertz CT molecular complexity index is 1030. The maximum absolute atomic E-state index is 13.9. The average Bonchev–Trinajstić information content (AvgIpc) is 3.46. The molecule has 0 saturated carbocycles. The highest BCUT2D eigenvalue weighted by Gasteiger charge is 2.30. The number of rotatable bonds is 5. The molecule has 1 fully saturated rings. The fourth-order valence-corrected chi connectivity index (χ4v) is 3.25. The van der Waals surface area contributed by atoms with Crippen molar-refractivity contribution in [1.82, 2.24) is 30.0 Å². The van der Waals surface area contributed by atoms with Crippen LogP contribution in [0.25, 0.3) is 11.6 Å². The number of carbonyl (C=O) groups is 1. The van der Waals surface area contributed by atoms with Crippen molar-refractivity contribution in [1.29, 1.82) is 0 Å². The van der Waals surface area contributed by atoms with Gasteiger partial charge in [-0.2, -0.15) is 4.98 Å². The molecule has 4 rings (SSSR count). The molecule has 9 nitrogen and oxygen atoms in total. The van der Waals surface area contributed by atoms with Crippen molar-refractivity contribution in [3.63, 3.8) is 0 Å². The third-order valence-corrected chi connectivity index (χ3v) is 4.91. The van der Waals surface area contributed by atoms with Gasteiger partial charge in [-0.1, -0.05) is 24.2 Å². The fourth-order valence-electron chi connectivity index (χ4n) is 3.25. The molecule has 3 aromatic rings. The average molecular weight is 400 g/mol. The third-order valence-electron chi connectivity index (χ3n) is 4.91. The lowest BCUT2D eigenvalue weighted by molar-refractivity contribution is 0.0786. The number of benzene rings is 1. The molecule has 152 valence electrons. The van der Waals surface area contributed by atoms with Crippen LogP contribution in [0.15, 0.2) is 28.9 Å². The minimum atomic E-state index is -0.560. The summed E-state index contributed by atoms with van der Waals surface area (Å²) in [6.07, 6.45) is 2.46. The van der Waals surface area contributed by atoms with Crippen LogP contribution in [0.2, 0.25) is 0 Å². The van der Waals surface area contributed by atoms with Gasteiger partial charge in [-0.25, -0.2) is 9.07 Å². The summed E-state index contributed by atoms with van der Waals surface area (Å²) in [7, 11) is 1.38. The summed E-state index contributed by atoms with van der Waals surface area (Å²) in [4.78, 5) is 18.7. The van der Waals surface area contributed by atoms with Gasteiger partial charge < -0.3 is 14.2 Å². The summed E-state index contributed by atoms with van der Waals surface area (Å²) >= 11 is 0. The number of likely N-dealkylation sites (tertiary alicyclic amines) is 1. The van der Waals surface area contributed by atoms with E-state index in [2.05, 4.69) is 20.5 Å². The van der Waals surface area contributed by atoms with Crippen molar-refractivity contribution in [3.8, 4) is 17.3 Å². The summed E-state index contributed by atoms with van der Waals surface area (Å²) in [6, 6.07) is 4.18. The third kappa shape index (κ3) is 3.69. The quantitative estimate of drug-likeness (QED) is 0.649. The van der Waals surface area contributed by atoms with E-state index in [0.29, 0.717) is 36.9 Å². The standard InChI is InChI=1S/C19H21FN6O3/c1-11(2)17-21-18(29-23-17)15-10-26(24-22-15)13-6-7-25(9-13)19(27)12-4-5-16(28-3)14(20)8-12/h4-5,8,10-11,13H,6-7,9H2,1-3H3/t13-/m0/s1. The first-order valence-corrected chi connectivity index (χ1v) is 9.35. The van der Waals surface area contributed by atoms with E-state index in [1.165, 1.54) is 19.2 Å². The van der Waals surface area contributed by atoms with Crippen molar-refractivity contribution < 1.29 is 18.4 Å². The maximum Gasteiger partial charge on any atom is 0.280 e. The van der Waals surface area contributed by atoms with Crippen LogP contribution in [-0.2, 0) is 0 Å². The van der Waals surface area contributed by atoms with Gasteiger partial charge in [-0.15, -0.1) is 5.10 Å². The van der Waals surface area contributed by atoms with E-state index in [1.54, 1.807) is 21.8 Å². The molecule has 29 heavy (non-hydrogen) atoms. The number of hydrogen-bond donors (Lipinski definition) is 0. The smallest absolute Gasteiger partial charge is 0.280 e. The van der Waals surface area contributed by atoms with Gasteiger partial charge in [0.2, 0.25) is 0 Å². The molecule has 1 amide bonds. The Morgan fingerprint density at radius 3 is 2.90 bits per heavy atom. The molecule has 0 N–H and O–H groups in total. The van der Waals surface area contributed by atoms with Crippen LogP contribution in [0.5, 0.6) is 5.75 Å². The van der Waals surface area contributed by atoms with Crippen LogP contribution in [-0.4, -0.2) is 56.1 Å². The summed E-state index contributed by atoms with van der Waals surface area (Å²) in [5.74, 6) is 0.402. The first-order valence-electron chi connectivity index (χ1n) is 9.35. The van der Waals surface area contributed by atoms with Crippen molar-refractivity contribution >= 4 is 5.91 Å². The van der Waals surface area contributed by atoms with Gasteiger partial charge in [0.1, 0.15) is 0 Å². The summed E-state index contributed by atoms with van der Waals surface area (Å²) in [5.41, 5.74) is 0.779. The topological polar surface area (TPSA) is 99.2 Å². The van der Waals surface area contributed by atoms with Gasteiger partial charge in [0.15, 0.2) is 23.1 Å². The van der Waals surface area contributed by atoms with Gasteiger partial charge >= 0.3 is 0 Å². The minimum Gasteiger partial charge on any atom is -0.494 e. The van der Waals surface area contributed by atoms with Crippen molar-refractivity contribution in [2.24, 2.45) is 0 Å². The molecule has 0 spiro atoms. The predicted octanol–water partition coefficient (Wildman–Crippen LogP) is 2.69. The molecule has 1 aromatic carbocycles. The first-order chi connectivity index (χ1) is 14.0. The van der Waals surface area contributed by atoms with E-state index in [-0.39, 0.29) is 29.2 Å².